The largest absolute Gasteiger partial charge is 0.344 e. The zero-order chi connectivity index (χ0) is 14.9. The van der Waals surface area contributed by atoms with Crippen LogP contribution in [0.1, 0.15) is 34.6 Å². The fourth-order valence-corrected chi connectivity index (χ4v) is 2.37. The van der Waals surface area contributed by atoms with Gasteiger partial charge in [0.2, 0.25) is 0 Å². The molecule has 0 spiro atoms. The van der Waals surface area contributed by atoms with Crippen LogP contribution in [0.4, 0.5) is 0 Å². The lowest BCUT2D eigenvalue weighted by atomic mass is 10.1. The number of halogens is 2. The highest BCUT2D eigenvalue weighted by atomic mass is 35.5. The van der Waals surface area contributed by atoms with Crippen molar-refractivity contribution < 1.29 is 4.79 Å². The SMILES string of the molecule is Cc1c(C(=O)N[C@H](C)c2ccnn2C)cc(Cl)nc1Cl. The van der Waals surface area contributed by atoms with Gasteiger partial charge in [0.15, 0.2) is 0 Å². The van der Waals surface area contributed by atoms with Gasteiger partial charge < -0.3 is 5.32 Å². The van der Waals surface area contributed by atoms with E-state index >= 15 is 0 Å². The van der Waals surface area contributed by atoms with E-state index in [1.807, 2.05) is 20.0 Å². The molecule has 0 radical (unpaired) electrons. The molecule has 0 fully saturated rings. The van der Waals surface area contributed by atoms with Gasteiger partial charge in [0.1, 0.15) is 10.3 Å². The molecular weight excluding hydrogens is 299 g/mol. The smallest absolute Gasteiger partial charge is 0.252 e. The van der Waals surface area contributed by atoms with E-state index in [1.54, 1.807) is 17.8 Å². The maximum absolute atomic E-state index is 12.3. The number of nitrogens with zero attached hydrogens (tertiary/aromatic N) is 3. The topological polar surface area (TPSA) is 59.8 Å². The van der Waals surface area contributed by atoms with Crippen molar-refractivity contribution in [1.29, 1.82) is 0 Å². The number of aryl methyl sites for hydroxylation is 1. The summed E-state index contributed by atoms with van der Waals surface area (Å²) in [7, 11) is 1.82. The molecule has 0 bridgehead atoms. The zero-order valence-corrected chi connectivity index (χ0v) is 12.8. The molecule has 0 unspecified atom stereocenters. The van der Waals surface area contributed by atoms with Crippen LogP contribution < -0.4 is 5.32 Å². The summed E-state index contributed by atoms with van der Waals surface area (Å²) in [5.41, 5.74) is 1.93. The number of nitrogens with one attached hydrogen (secondary N) is 1. The fourth-order valence-electron chi connectivity index (χ4n) is 1.94. The minimum absolute atomic E-state index is 0.180. The first-order valence-corrected chi connectivity index (χ1v) is 6.77. The normalized spacial score (nSPS) is 12.2. The summed E-state index contributed by atoms with van der Waals surface area (Å²) in [6.07, 6.45) is 1.68. The quantitative estimate of drug-likeness (QED) is 0.886. The molecule has 1 amide bonds. The third kappa shape index (κ3) is 2.94. The molecule has 7 heteroatoms. The maximum atomic E-state index is 12.3. The number of pyridine rings is 1. The minimum Gasteiger partial charge on any atom is -0.344 e. The molecule has 2 aromatic heterocycles. The molecule has 20 heavy (non-hydrogen) atoms. The highest BCUT2D eigenvalue weighted by molar-refractivity contribution is 6.33. The van der Waals surface area contributed by atoms with E-state index in [1.165, 1.54) is 6.07 Å². The van der Waals surface area contributed by atoms with E-state index in [0.717, 1.165) is 5.69 Å². The van der Waals surface area contributed by atoms with E-state index in [0.29, 0.717) is 11.1 Å². The second kappa shape index (κ2) is 5.81. The van der Waals surface area contributed by atoms with Crippen molar-refractivity contribution in [2.24, 2.45) is 7.05 Å². The van der Waals surface area contributed by atoms with Crippen LogP contribution in [0, 0.1) is 6.92 Å². The summed E-state index contributed by atoms with van der Waals surface area (Å²) >= 11 is 11.8. The number of rotatable bonds is 3. The van der Waals surface area contributed by atoms with Crippen molar-refractivity contribution in [3.05, 3.63) is 45.5 Å². The molecule has 5 nitrogen and oxygen atoms in total. The molecule has 0 saturated carbocycles. The Hall–Kier alpha value is -1.59. The summed E-state index contributed by atoms with van der Waals surface area (Å²) in [5.74, 6) is -0.248. The Labute approximate surface area is 126 Å². The van der Waals surface area contributed by atoms with Crippen molar-refractivity contribution in [3.8, 4) is 0 Å². The predicted octanol–water partition coefficient (Wildman–Crippen LogP) is 2.92. The van der Waals surface area contributed by atoms with Gasteiger partial charge in [-0.25, -0.2) is 4.98 Å². The first kappa shape index (κ1) is 14.8. The van der Waals surface area contributed by atoms with Gasteiger partial charge in [-0.2, -0.15) is 5.10 Å². The predicted molar refractivity (Wildman–Crippen MR) is 78.1 cm³/mol. The second-order valence-corrected chi connectivity index (χ2v) is 5.23. The average molecular weight is 313 g/mol. The van der Waals surface area contributed by atoms with E-state index < -0.39 is 0 Å². The van der Waals surface area contributed by atoms with E-state index in [4.69, 9.17) is 23.2 Å². The number of hydrogen-bond acceptors (Lipinski definition) is 3. The maximum Gasteiger partial charge on any atom is 0.252 e. The molecule has 1 atom stereocenters. The van der Waals surface area contributed by atoms with Gasteiger partial charge in [-0.1, -0.05) is 23.2 Å². The Morgan fingerprint density at radius 3 is 2.75 bits per heavy atom. The van der Waals surface area contributed by atoms with E-state index in [-0.39, 0.29) is 22.3 Å². The molecule has 2 rings (SSSR count). The number of carbonyl (C=O) groups excluding carboxylic acids is 1. The standard InChI is InChI=1S/C13H14Cl2N4O/c1-7-9(6-11(14)18-12(7)15)13(20)17-8(2)10-4-5-16-19(10)3/h4-6,8H,1-3H3,(H,17,20)/t8-/m1/s1. The number of carbonyl (C=O) groups is 1. The van der Waals surface area contributed by atoms with Crippen LogP contribution in [0.3, 0.4) is 0 Å². The lowest BCUT2D eigenvalue weighted by molar-refractivity contribution is 0.0938. The third-order valence-corrected chi connectivity index (χ3v) is 3.64. The van der Waals surface area contributed by atoms with Crippen LogP contribution in [0.25, 0.3) is 0 Å². The van der Waals surface area contributed by atoms with Gasteiger partial charge in [0, 0.05) is 18.8 Å². The van der Waals surface area contributed by atoms with Crippen LogP contribution in [0.15, 0.2) is 18.3 Å². The highest BCUT2D eigenvalue weighted by Crippen LogP contribution is 2.21. The summed E-state index contributed by atoms with van der Waals surface area (Å²) in [6, 6.07) is 3.18. The summed E-state index contributed by atoms with van der Waals surface area (Å²) in [4.78, 5) is 16.2. The van der Waals surface area contributed by atoms with Gasteiger partial charge >= 0.3 is 0 Å². The highest BCUT2D eigenvalue weighted by Gasteiger charge is 2.17. The third-order valence-electron chi connectivity index (χ3n) is 3.08. The summed E-state index contributed by atoms with van der Waals surface area (Å²) in [6.45, 7) is 3.62. The molecule has 0 aliphatic rings. The van der Waals surface area contributed by atoms with Crippen molar-refractivity contribution in [3.63, 3.8) is 0 Å². The lowest BCUT2D eigenvalue weighted by Crippen LogP contribution is -2.28. The molecular formula is C13H14Cl2N4O. The van der Waals surface area contributed by atoms with Crippen LogP contribution in [0.2, 0.25) is 10.3 Å². The summed E-state index contributed by atoms with van der Waals surface area (Å²) in [5, 5.41) is 7.39. The minimum atomic E-state index is -0.248. The van der Waals surface area contributed by atoms with Crippen molar-refractivity contribution >= 4 is 29.1 Å². The molecule has 0 aliphatic carbocycles. The fraction of sp³-hybridized carbons (Fsp3) is 0.308. The van der Waals surface area contributed by atoms with Crippen LogP contribution >= 0.6 is 23.2 Å². The number of aromatic nitrogens is 3. The first-order valence-electron chi connectivity index (χ1n) is 6.01. The molecule has 2 aromatic rings. The lowest BCUT2D eigenvalue weighted by Gasteiger charge is -2.15. The molecule has 2 heterocycles. The van der Waals surface area contributed by atoms with Gasteiger partial charge in [-0.05, 0) is 31.5 Å². The Kier molecular flexibility index (Phi) is 4.30. The molecule has 0 saturated heterocycles. The Morgan fingerprint density at radius 2 is 2.15 bits per heavy atom. The van der Waals surface area contributed by atoms with Crippen molar-refractivity contribution in [2.75, 3.05) is 0 Å². The molecule has 0 aromatic carbocycles. The van der Waals surface area contributed by atoms with Gasteiger partial charge in [0.25, 0.3) is 5.91 Å². The van der Waals surface area contributed by atoms with Gasteiger partial charge in [-0.3, -0.25) is 9.48 Å². The Bertz CT molecular complexity index is 654. The van der Waals surface area contributed by atoms with E-state index in [9.17, 15) is 4.79 Å². The Balaban J connectivity index is 2.23. The molecule has 106 valence electrons. The van der Waals surface area contributed by atoms with E-state index in [2.05, 4.69) is 15.4 Å². The summed E-state index contributed by atoms with van der Waals surface area (Å²) < 4.78 is 1.71. The average Bonchev–Trinajstić information content (AvgIpc) is 2.79. The zero-order valence-electron chi connectivity index (χ0n) is 11.3. The molecule has 0 aliphatic heterocycles. The Morgan fingerprint density at radius 1 is 1.45 bits per heavy atom. The second-order valence-electron chi connectivity index (χ2n) is 4.48. The van der Waals surface area contributed by atoms with Gasteiger partial charge in [-0.15, -0.1) is 0 Å². The monoisotopic (exact) mass is 312 g/mol. The van der Waals surface area contributed by atoms with Crippen LogP contribution in [-0.4, -0.2) is 20.7 Å². The first-order chi connectivity index (χ1) is 9.40. The van der Waals surface area contributed by atoms with Gasteiger partial charge in [0.05, 0.1) is 11.7 Å². The van der Waals surface area contributed by atoms with Crippen LogP contribution in [0.5, 0.6) is 0 Å². The van der Waals surface area contributed by atoms with Crippen molar-refractivity contribution in [2.45, 2.75) is 19.9 Å². The number of hydrogen-bond donors (Lipinski definition) is 1. The number of amides is 1. The van der Waals surface area contributed by atoms with Crippen LogP contribution in [-0.2, 0) is 7.05 Å². The molecule has 1 N–H and O–H groups in total. The van der Waals surface area contributed by atoms with Crippen molar-refractivity contribution in [1.82, 2.24) is 20.1 Å².